The third kappa shape index (κ3) is 3.29. The van der Waals surface area contributed by atoms with Crippen LogP contribution in [0.25, 0.3) is 0 Å². The molecular weight excluding hydrogens is 303 g/mol. The van der Waals surface area contributed by atoms with Gasteiger partial charge in [-0.05, 0) is 37.4 Å². The molecule has 2 aliphatic heterocycles. The highest BCUT2D eigenvalue weighted by atomic mass is 79.9. The Morgan fingerprint density at radius 1 is 1.19 bits per heavy atom. The second-order valence-electron chi connectivity index (χ2n) is 4.49. The summed E-state index contributed by atoms with van der Waals surface area (Å²) in [6, 6.07) is 1.02. The summed E-state index contributed by atoms with van der Waals surface area (Å²) in [5.74, 6) is 0.170. The van der Waals surface area contributed by atoms with E-state index < -0.39 is 5.51 Å². The molecule has 0 aliphatic carbocycles. The zero-order valence-electron chi connectivity index (χ0n) is 8.84. The Bertz CT molecular complexity index is 235. The molecule has 0 saturated carbocycles. The SMILES string of the molecule is FC(F)(F)SCCN1C2CCC1CC(Br)C2. The lowest BCUT2D eigenvalue weighted by molar-refractivity contribution is -0.0329. The molecule has 6 heteroatoms. The molecule has 2 atom stereocenters. The van der Waals surface area contributed by atoms with Gasteiger partial charge in [-0.3, -0.25) is 4.90 Å². The van der Waals surface area contributed by atoms with E-state index in [1.54, 1.807) is 0 Å². The van der Waals surface area contributed by atoms with Gasteiger partial charge >= 0.3 is 5.51 Å². The van der Waals surface area contributed by atoms with Crippen molar-refractivity contribution in [2.24, 2.45) is 0 Å². The molecular formula is C10H15BrF3NS. The van der Waals surface area contributed by atoms with Crippen molar-refractivity contribution in [1.29, 1.82) is 0 Å². The van der Waals surface area contributed by atoms with Crippen molar-refractivity contribution >= 4 is 27.7 Å². The lowest BCUT2D eigenvalue weighted by Crippen LogP contribution is -2.44. The van der Waals surface area contributed by atoms with Crippen LogP contribution in [-0.4, -0.2) is 39.6 Å². The third-order valence-electron chi connectivity index (χ3n) is 3.44. The maximum absolute atomic E-state index is 12.0. The Kier molecular flexibility index (Phi) is 4.12. The highest BCUT2D eigenvalue weighted by Crippen LogP contribution is 2.39. The predicted octanol–water partition coefficient (Wildman–Crippen LogP) is 3.63. The minimum atomic E-state index is -4.08. The van der Waals surface area contributed by atoms with Gasteiger partial charge in [-0.2, -0.15) is 13.2 Å². The topological polar surface area (TPSA) is 3.24 Å². The molecule has 1 nitrogen and oxygen atoms in total. The van der Waals surface area contributed by atoms with Crippen molar-refractivity contribution in [2.45, 2.75) is 48.1 Å². The minimum absolute atomic E-state index is 0.106. The van der Waals surface area contributed by atoms with E-state index in [1.807, 2.05) is 0 Å². The Hall–Kier alpha value is 0.580. The van der Waals surface area contributed by atoms with E-state index in [1.165, 1.54) is 0 Å². The molecule has 0 amide bonds. The summed E-state index contributed by atoms with van der Waals surface area (Å²) < 4.78 is 36.1. The largest absolute Gasteiger partial charge is 0.441 e. The number of fused-ring (bicyclic) bond motifs is 2. The predicted molar refractivity (Wildman–Crippen MR) is 64.0 cm³/mol. The van der Waals surface area contributed by atoms with Crippen molar-refractivity contribution in [3.05, 3.63) is 0 Å². The van der Waals surface area contributed by atoms with Crippen LogP contribution in [-0.2, 0) is 0 Å². The number of alkyl halides is 4. The summed E-state index contributed by atoms with van der Waals surface area (Å²) in [5.41, 5.74) is -4.08. The Morgan fingerprint density at radius 3 is 2.25 bits per heavy atom. The highest BCUT2D eigenvalue weighted by molar-refractivity contribution is 9.09. The molecule has 0 radical (unpaired) electrons. The summed E-state index contributed by atoms with van der Waals surface area (Å²) in [5, 5.41) is 0. The lowest BCUT2D eigenvalue weighted by Gasteiger charge is -2.37. The third-order valence-corrected chi connectivity index (χ3v) is 4.90. The summed E-state index contributed by atoms with van der Waals surface area (Å²) in [6.45, 7) is 0.583. The molecule has 2 saturated heterocycles. The van der Waals surface area contributed by atoms with Crippen LogP contribution in [0.1, 0.15) is 25.7 Å². The van der Waals surface area contributed by atoms with Gasteiger partial charge in [-0.15, -0.1) is 0 Å². The van der Waals surface area contributed by atoms with Gasteiger partial charge in [0.15, 0.2) is 0 Å². The van der Waals surface area contributed by atoms with Crippen LogP contribution < -0.4 is 0 Å². The van der Waals surface area contributed by atoms with Crippen molar-refractivity contribution in [1.82, 2.24) is 4.90 Å². The molecule has 0 N–H and O–H groups in total. The highest BCUT2D eigenvalue weighted by Gasteiger charge is 2.40. The monoisotopic (exact) mass is 317 g/mol. The van der Waals surface area contributed by atoms with Crippen LogP contribution in [0.15, 0.2) is 0 Å². The molecule has 2 fully saturated rings. The second kappa shape index (κ2) is 5.06. The summed E-state index contributed by atoms with van der Waals surface area (Å²) in [7, 11) is 0. The van der Waals surface area contributed by atoms with Crippen molar-refractivity contribution in [2.75, 3.05) is 12.3 Å². The average molecular weight is 318 g/mol. The Balaban J connectivity index is 1.79. The van der Waals surface area contributed by atoms with Crippen LogP contribution in [0.5, 0.6) is 0 Å². The minimum Gasteiger partial charge on any atom is -0.297 e. The number of rotatable bonds is 3. The van der Waals surface area contributed by atoms with E-state index in [-0.39, 0.29) is 17.5 Å². The van der Waals surface area contributed by atoms with E-state index in [4.69, 9.17) is 0 Å². The van der Waals surface area contributed by atoms with Crippen LogP contribution in [0.2, 0.25) is 0 Å². The number of hydrogen-bond acceptors (Lipinski definition) is 2. The van der Waals surface area contributed by atoms with E-state index >= 15 is 0 Å². The first kappa shape index (κ1) is 13.0. The summed E-state index contributed by atoms with van der Waals surface area (Å²) in [4.78, 5) is 2.85. The molecule has 0 spiro atoms. The number of piperidine rings is 1. The Morgan fingerprint density at radius 2 is 1.75 bits per heavy atom. The van der Waals surface area contributed by atoms with Gasteiger partial charge < -0.3 is 0 Å². The molecule has 2 bridgehead atoms. The number of hydrogen-bond donors (Lipinski definition) is 0. The average Bonchev–Trinajstić information content (AvgIpc) is 2.41. The summed E-state index contributed by atoms with van der Waals surface area (Å²) >= 11 is 3.73. The number of thioether (sulfide) groups is 1. The second-order valence-corrected chi connectivity index (χ2v) is 6.94. The maximum atomic E-state index is 12.0. The van der Waals surface area contributed by atoms with Gasteiger partial charge in [-0.1, -0.05) is 15.9 Å². The van der Waals surface area contributed by atoms with Gasteiger partial charge in [0.1, 0.15) is 0 Å². The van der Waals surface area contributed by atoms with Crippen LogP contribution in [0.4, 0.5) is 13.2 Å². The molecule has 16 heavy (non-hydrogen) atoms. The van der Waals surface area contributed by atoms with Crippen molar-refractivity contribution in [3.8, 4) is 0 Å². The maximum Gasteiger partial charge on any atom is 0.441 e. The number of halogens is 4. The lowest BCUT2D eigenvalue weighted by atomic mass is 10.0. The standard InChI is InChI=1S/C10H15BrF3NS/c11-7-5-8-1-2-9(6-7)15(8)3-4-16-10(12,13)14/h7-9H,1-6H2. The van der Waals surface area contributed by atoms with Crippen LogP contribution in [0, 0.1) is 0 Å². The summed E-state index contributed by atoms with van der Waals surface area (Å²) in [6.07, 6.45) is 4.49. The van der Waals surface area contributed by atoms with Gasteiger partial charge in [0.25, 0.3) is 0 Å². The fourth-order valence-corrected chi connectivity index (χ4v) is 4.24. The van der Waals surface area contributed by atoms with Crippen molar-refractivity contribution < 1.29 is 13.2 Å². The number of nitrogens with zero attached hydrogens (tertiary/aromatic N) is 1. The molecule has 2 unspecified atom stereocenters. The molecule has 94 valence electrons. The quantitative estimate of drug-likeness (QED) is 0.731. The Labute approximate surface area is 106 Å². The first-order chi connectivity index (χ1) is 7.46. The van der Waals surface area contributed by atoms with E-state index in [9.17, 15) is 13.2 Å². The van der Waals surface area contributed by atoms with Gasteiger partial charge in [0, 0.05) is 29.2 Å². The van der Waals surface area contributed by atoms with E-state index in [0.29, 0.717) is 23.5 Å². The van der Waals surface area contributed by atoms with Crippen LogP contribution in [0.3, 0.4) is 0 Å². The molecule has 0 aromatic heterocycles. The van der Waals surface area contributed by atoms with Gasteiger partial charge in [0.2, 0.25) is 0 Å². The van der Waals surface area contributed by atoms with Crippen molar-refractivity contribution in [3.63, 3.8) is 0 Å². The molecule has 2 rings (SSSR count). The smallest absolute Gasteiger partial charge is 0.297 e. The molecule has 0 aromatic carbocycles. The molecule has 0 aromatic rings. The van der Waals surface area contributed by atoms with E-state index in [0.717, 1.165) is 25.7 Å². The van der Waals surface area contributed by atoms with Gasteiger partial charge in [-0.25, -0.2) is 0 Å². The van der Waals surface area contributed by atoms with Crippen LogP contribution >= 0.6 is 27.7 Å². The molecule has 2 heterocycles. The fourth-order valence-electron chi connectivity index (χ4n) is 2.84. The normalized spacial score (nSPS) is 35.6. The first-order valence-corrected chi connectivity index (χ1v) is 7.46. The first-order valence-electron chi connectivity index (χ1n) is 5.56. The van der Waals surface area contributed by atoms with Gasteiger partial charge in [0.05, 0.1) is 0 Å². The fraction of sp³-hybridized carbons (Fsp3) is 1.00. The van der Waals surface area contributed by atoms with E-state index in [2.05, 4.69) is 20.8 Å². The molecule has 2 aliphatic rings. The zero-order valence-corrected chi connectivity index (χ0v) is 11.2. The zero-order chi connectivity index (χ0) is 11.8.